The van der Waals surface area contributed by atoms with Crippen molar-refractivity contribution in [3.8, 4) is 0 Å². The van der Waals surface area contributed by atoms with E-state index in [0.717, 1.165) is 6.42 Å². The van der Waals surface area contributed by atoms with Crippen molar-refractivity contribution in [1.82, 2.24) is 0 Å². The molecule has 0 rings (SSSR count). The van der Waals surface area contributed by atoms with E-state index >= 15 is 0 Å². The molecule has 0 saturated heterocycles. The van der Waals surface area contributed by atoms with Gasteiger partial charge in [0.2, 0.25) is 0 Å². The quantitative estimate of drug-likeness (QED) is 0.359. The van der Waals surface area contributed by atoms with Crippen LogP contribution in [0.2, 0.25) is 0 Å². The molecule has 0 atom stereocenters. The van der Waals surface area contributed by atoms with Crippen LogP contribution in [-0.2, 0) is 4.74 Å². The van der Waals surface area contributed by atoms with E-state index in [1.807, 2.05) is 12.2 Å². The van der Waals surface area contributed by atoms with Crippen LogP contribution in [0.25, 0.3) is 0 Å². The molecule has 0 radical (unpaired) electrons. The van der Waals surface area contributed by atoms with Crippen molar-refractivity contribution >= 4 is 11.6 Å². The van der Waals surface area contributed by atoms with Crippen LogP contribution in [-0.4, -0.2) is 6.61 Å². The highest BCUT2D eigenvalue weighted by Crippen LogP contribution is 2.12. The second kappa shape index (κ2) is 7.69. The highest BCUT2D eigenvalue weighted by Gasteiger charge is 1.96. The van der Waals surface area contributed by atoms with Crippen LogP contribution in [0.3, 0.4) is 0 Å². The maximum absolute atomic E-state index is 5.79. The molecule has 0 saturated carbocycles. The zero-order valence-electron chi connectivity index (χ0n) is 7.92. The van der Waals surface area contributed by atoms with E-state index in [-0.39, 0.29) is 0 Å². The summed E-state index contributed by atoms with van der Waals surface area (Å²) in [5.41, 5.74) is 0. The average Bonchev–Trinajstić information content (AvgIpc) is 2.17. The Kier molecular flexibility index (Phi) is 7.12. The fourth-order valence-electron chi connectivity index (χ4n) is 0.699. The highest BCUT2D eigenvalue weighted by atomic mass is 35.5. The van der Waals surface area contributed by atoms with Crippen LogP contribution >= 0.6 is 11.6 Å². The smallest absolute Gasteiger partial charge is 0.137 e. The lowest BCUT2D eigenvalue weighted by atomic mass is 10.4. The summed E-state index contributed by atoms with van der Waals surface area (Å²) >= 11 is 5.79. The van der Waals surface area contributed by atoms with Gasteiger partial charge in [-0.05, 0) is 18.6 Å². The summed E-state index contributed by atoms with van der Waals surface area (Å²) in [6.45, 7) is 9.71. The molecular weight excluding hydrogens is 184 g/mol. The summed E-state index contributed by atoms with van der Waals surface area (Å²) in [7, 11) is 0. The molecule has 0 unspecified atom stereocenters. The molecule has 2 heteroatoms. The Bertz CT molecular complexity index is 226. The van der Waals surface area contributed by atoms with Crippen molar-refractivity contribution in [2.45, 2.75) is 13.3 Å². The second-order valence-corrected chi connectivity index (χ2v) is 2.72. The molecule has 0 N–H and O–H groups in total. The van der Waals surface area contributed by atoms with Gasteiger partial charge in [-0.3, -0.25) is 0 Å². The third kappa shape index (κ3) is 5.31. The molecular formula is C11H15ClO. The maximum Gasteiger partial charge on any atom is 0.137 e. The van der Waals surface area contributed by atoms with Crippen LogP contribution in [0.4, 0.5) is 0 Å². The van der Waals surface area contributed by atoms with Gasteiger partial charge in [-0.15, -0.1) is 0 Å². The lowest BCUT2D eigenvalue weighted by Gasteiger charge is -2.04. The summed E-state index contributed by atoms with van der Waals surface area (Å²) in [5.74, 6) is 0.567. The normalized spacial score (nSPS) is 12.5. The minimum Gasteiger partial charge on any atom is -0.488 e. The molecule has 0 aliphatic carbocycles. The first-order valence-corrected chi connectivity index (χ1v) is 4.56. The molecule has 1 nitrogen and oxygen atoms in total. The van der Waals surface area contributed by atoms with E-state index in [9.17, 15) is 0 Å². The fraction of sp³-hybridized carbons (Fsp3) is 0.273. The molecule has 0 amide bonds. The molecule has 0 aliphatic rings. The van der Waals surface area contributed by atoms with Gasteiger partial charge in [-0.25, -0.2) is 0 Å². The zero-order chi connectivity index (χ0) is 10.1. The SMILES string of the molecule is C=C/C(Cl)=C(\C=C)OC/C=C/CC. The Morgan fingerprint density at radius 2 is 2.00 bits per heavy atom. The van der Waals surface area contributed by atoms with Crippen molar-refractivity contribution in [1.29, 1.82) is 0 Å². The maximum atomic E-state index is 5.79. The third-order valence-corrected chi connectivity index (χ3v) is 1.68. The van der Waals surface area contributed by atoms with Crippen molar-refractivity contribution < 1.29 is 4.74 Å². The lowest BCUT2D eigenvalue weighted by Crippen LogP contribution is -1.90. The van der Waals surface area contributed by atoms with Gasteiger partial charge in [0.25, 0.3) is 0 Å². The summed E-state index contributed by atoms with van der Waals surface area (Å²) in [5, 5.41) is 0.486. The fourth-order valence-corrected chi connectivity index (χ4v) is 0.830. The predicted molar refractivity (Wildman–Crippen MR) is 58.7 cm³/mol. The monoisotopic (exact) mass is 198 g/mol. The summed E-state index contributed by atoms with van der Waals surface area (Å²) in [6.07, 6.45) is 8.08. The van der Waals surface area contributed by atoms with Crippen LogP contribution in [0.5, 0.6) is 0 Å². The van der Waals surface area contributed by atoms with E-state index in [4.69, 9.17) is 16.3 Å². The van der Waals surface area contributed by atoms with Gasteiger partial charge in [-0.1, -0.05) is 43.8 Å². The van der Waals surface area contributed by atoms with Crippen LogP contribution in [0.1, 0.15) is 13.3 Å². The number of hydrogen-bond acceptors (Lipinski definition) is 1. The largest absolute Gasteiger partial charge is 0.488 e. The highest BCUT2D eigenvalue weighted by molar-refractivity contribution is 6.31. The summed E-state index contributed by atoms with van der Waals surface area (Å²) in [4.78, 5) is 0. The van der Waals surface area contributed by atoms with Gasteiger partial charge in [0.1, 0.15) is 12.4 Å². The molecule has 0 aromatic heterocycles. The Hall–Kier alpha value is -0.950. The second-order valence-electron chi connectivity index (χ2n) is 2.31. The van der Waals surface area contributed by atoms with Gasteiger partial charge < -0.3 is 4.74 Å². The van der Waals surface area contributed by atoms with E-state index in [0.29, 0.717) is 17.4 Å². The molecule has 0 aromatic carbocycles. The molecule has 0 fully saturated rings. The summed E-state index contributed by atoms with van der Waals surface area (Å²) < 4.78 is 5.32. The number of hydrogen-bond donors (Lipinski definition) is 0. The Balaban J connectivity index is 4.07. The van der Waals surface area contributed by atoms with Crippen LogP contribution in [0.15, 0.2) is 48.3 Å². The van der Waals surface area contributed by atoms with Gasteiger partial charge in [0, 0.05) is 0 Å². The molecule has 72 valence electrons. The van der Waals surface area contributed by atoms with E-state index < -0.39 is 0 Å². The van der Waals surface area contributed by atoms with Crippen LogP contribution < -0.4 is 0 Å². The number of allylic oxidation sites excluding steroid dienone is 4. The van der Waals surface area contributed by atoms with Crippen molar-refractivity contribution in [2.75, 3.05) is 6.61 Å². The molecule has 0 aliphatic heterocycles. The number of rotatable bonds is 6. The number of halogens is 1. The van der Waals surface area contributed by atoms with Crippen LogP contribution in [0, 0.1) is 0 Å². The first kappa shape index (κ1) is 12.0. The van der Waals surface area contributed by atoms with Gasteiger partial charge in [0.05, 0.1) is 5.03 Å². The Morgan fingerprint density at radius 1 is 1.31 bits per heavy atom. The van der Waals surface area contributed by atoms with E-state index in [2.05, 4.69) is 20.1 Å². The van der Waals surface area contributed by atoms with E-state index in [1.54, 1.807) is 6.08 Å². The predicted octanol–water partition coefficient (Wildman–Crippen LogP) is 3.79. The lowest BCUT2D eigenvalue weighted by molar-refractivity contribution is 0.260. The zero-order valence-corrected chi connectivity index (χ0v) is 8.68. The molecule has 0 heterocycles. The minimum atomic E-state index is 0.486. The number of ether oxygens (including phenoxy) is 1. The standard InChI is InChI=1S/C11H15ClO/c1-4-7-8-9-13-11(6-3)10(12)5-2/h5-8H,2-4,9H2,1H3/b8-7+,11-10-. The van der Waals surface area contributed by atoms with Gasteiger partial charge >= 0.3 is 0 Å². The Labute approximate surface area is 85.0 Å². The first-order chi connectivity index (χ1) is 6.26. The summed E-state index contributed by atoms with van der Waals surface area (Å²) in [6, 6.07) is 0. The molecule has 0 spiro atoms. The molecule has 13 heavy (non-hydrogen) atoms. The molecule has 0 bridgehead atoms. The van der Waals surface area contributed by atoms with E-state index in [1.165, 1.54) is 6.08 Å². The minimum absolute atomic E-state index is 0.486. The topological polar surface area (TPSA) is 9.23 Å². The molecule has 0 aromatic rings. The van der Waals surface area contributed by atoms with Crippen molar-refractivity contribution in [3.05, 3.63) is 48.3 Å². The van der Waals surface area contributed by atoms with Crippen molar-refractivity contribution in [2.24, 2.45) is 0 Å². The van der Waals surface area contributed by atoms with Gasteiger partial charge in [0.15, 0.2) is 0 Å². The first-order valence-electron chi connectivity index (χ1n) is 4.18. The van der Waals surface area contributed by atoms with Crippen molar-refractivity contribution in [3.63, 3.8) is 0 Å². The average molecular weight is 199 g/mol. The van der Waals surface area contributed by atoms with Gasteiger partial charge in [-0.2, -0.15) is 0 Å². The Morgan fingerprint density at radius 3 is 2.46 bits per heavy atom. The third-order valence-electron chi connectivity index (χ3n) is 1.34.